The minimum Gasteiger partial charge on any atom is -0.347 e. The summed E-state index contributed by atoms with van der Waals surface area (Å²) in [5, 5.41) is 0. The highest BCUT2D eigenvalue weighted by Crippen LogP contribution is 2.46. The number of hydrogen-bond acceptors (Lipinski definition) is 2. The van der Waals surface area contributed by atoms with Gasteiger partial charge < -0.3 is 4.29 Å². The van der Waals surface area contributed by atoms with Crippen molar-refractivity contribution in [3.05, 3.63) is 0 Å². The van der Waals surface area contributed by atoms with E-state index in [1.165, 1.54) is 0 Å². The van der Waals surface area contributed by atoms with Crippen LogP contribution in [0.1, 0.15) is 19.8 Å². The van der Waals surface area contributed by atoms with Crippen molar-refractivity contribution in [1.29, 1.82) is 0 Å². The van der Waals surface area contributed by atoms with Gasteiger partial charge in [0.15, 0.2) is 0 Å². The summed E-state index contributed by atoms with van der Waals surface area (Å²) in [7, 11) is 0. The monoisotopic (exact) mass is 134 g/mol. The zero-order valence-corrected chi connectivity index (χ0v) is 5.36. The molecule has 0 aromatic rings. The summed E-state index contributed by atoms with van der Waals surface area (Å²) >= 11 is 4.83. The zero-order valence-electron chi connectivity index (χ0n) is 4.61. The van der Waals surface area contributed by atoms with Crippen molar-refractivity contribution in [1.82, 2.24) is 0 Å². The van der Waals surface area contributed by atoms with Crippen molar-refractivity contribution in [3.63, 3.8) is 0 Å². The van der Waals surface area contributed by atoms with Crippen molar-refractivity contribution in [2.75, 3.05) is 0 Å². The van der Waals surface area contributed by atoms with Gasteiger partial charge in [0.2, 0.25) is 0 Å². The normalized spacial score (nSPS) is 22.2. The molecule has 1 aliphatic carbocycles. The molecule has 0 heterocycles. The van der Waals surface area contributed by atoms with Crippen LogP contribution in [0.2, 0.25) is 0 Å². The first-order chi connectivity index (χ1) is 3.69. The highest BCUT2D eigenvalue weighted by molar-refractivity contribution is 6.14. The van der Waals surface area contributed by atoms with Crippen LogP contribution < -0.4 is 0 Å². The Morgan fingerprint density at radius 2 is 2.25 bits per heavy atom. The molecular formula is C5H7ClO2. The number of hydrogen-bond donors (Lipinski definition) is 0. The predicted molar refractivity (Wildman–Crippen MR) is 29.3 cm³/mol. The van der Waals surface area contributed by atoms with Crippen LogP contribution >= 0.6 is 11.9 Å². The Morgan fingerprint density at radius 1 is 1.75 bits per heavy atom. The fraction of sp³-hybridized carbons (Fsp3) is 0.800. The van der Waals surface area contributed by atoms with E-state index in [0.29, 0.717) is 0 Å². The topological polar surface area (TPSA) is 26.3 Å². The first-order valence-corrected chi connectivity index (χ1v) is 2.83. The summed E-state index contributed by atoms with van der Waals surface area (Å²) in [6, 6.07) is 0. The molecule has 0 N–H and O–H groups in total. The Labute approximate surface area is 52.9 Å². The Balaban J connectivity index is 2.46. The van der Waals surface area contributed by atoms with E-state index in [1.807, 2.05) is 6.92 Å². The van der Waals surface area contributed by atoms with E-state index in [0.717, 1.165) is 12.8 Å². The van der Waals surface area contributed by atoms with E-state index in [4.69, 9.17) is 11.9 Å². The molecule has 2 nitrogen and oxygen atoms in total. The Kier molecular flexibility index (Phi) is 1.19. The summed E-state index contributed by atoms with van der Waals surface area (Å²) < 4.78 is 4.01. The maximum Gasteiger partial charge on any atom is 0.330 e. The van der Waals surface area contributed by atoms with Gasteiger partial charge in [-0.25, -0.2) is 4.79 Å². The second-order valence-corrected chi connectivity index (χ2v) is 2.58. The lowest BCUT2D eigenvalue weighted by Crippen LogP contribution is -2.10. The van der Waals surface area contributed by atoms with Crippen molar-refractivity contribution < 1.29 is 9.08 Å². The van der Waals surface area contributed by atoms with E-state index in [2.05, 4.69) is 4.29 Å². The van der Waals surface area contributed by atoms with Gasteiger partial charge in [0.1, 0.15) is 11.9 Å². The summed E-state index contributed by atoms with van der Waals surface area (Å²) in [5.41, 5.74) is -0.234. The molecule has 46 valence electrons. The molecule has 0 atom stereocenters. The van der Waals surface area contributed by atoms with Crippen LogP contribution in [0.5, 0.6) is 0 Å². The third kappa shape index (κ3) is 0.802. The Bertz CT molecular complexity index is 118. The molecule has 1 saturated carbocycles. The quantitative estimate of drug-likeness (QED) is 0.543. The third-order valence-electron chi connectivity index (χ3n) is 1.56. The van der Waals surface area contributed by atoms with Crippen molar-refractivity contribution in [2.24, 2.45) is 5.41 Å². The van der Waals surface area contributed by atoms with E-state index >= 15 is 0 Å². The van der Waals surface area contributed by atoms with E-state index < -0.39 is 0 Å². The average molecular weight is 135 g/mol. The molecule has 0 radical (unpaired) electrons. The minimum atomic E-state index is -0.292. The fourth-order valence-electron chi connectivity index (χ4n) is 0.485. The van der Waals surface area contributed by atoms with Crippen LogP contribution in [0.25, 0.3) is 0 Å². The summed E-state index contributed by atoms with van der Waals surface area (Å²) in [4.78, 5) is 10.5. The lowest BCUT2D eigenvalue weighted by atomic mass is 10.2. The highest BCUT2D eigenvalue weighted by atomic mass is 35.5. The molecule has 1 fully saturated rings. The smallest absolute Gasteiger partial charge is 0.330 e. The van der Waals surface area contributed by atoms with Crippen LogP contribution in [-0.2, 0) is 9.08 Å². The number of rotatable bonds is 1. The number of carbonyl (C=O) groups is 1. The maximum absolute atomic E-state index is 10.5. The molecule has 0 bridgehead atoms. The van der Waals surface area contributed by atoms with Gasteiger partial charge >= 0.3 is 5.97 Å². The molecule has 0 aromatic carbocycles. The van der Waals surface area contributed by atoms with Gasteiger partial charge in [-0.1, -0.05) is 0 Å². The molecule has 0 amide bonds. The molecule has 0 spiro atoms. The van der Waals surface area contributed by atoms with Crippen LogP contribution in [0.3, 0.4) is 0 Å². The molecular weight excluding hydrogens is 128 g/mol. The SMILES string of the molecule is CC1(C(=O)OCl)CC1. The molecule has 3 heteroatoms. The summed E-state index contributed by atoms with van der Waals surface area (Å²) in [6.07, 6.45) is 1.83. The third-order valence-corrected chi connectivity index (χ3v) is 1.70. The van der Waals surface area contributed by atoms with Gasteiger partial charge in [-0.3, -0.25) is 0 Å². The fourth-order valence-corrected chi connectivity index (χ4v) is 0.671. The lowest BCUT2D eigenvalue weighted by molar-refractivity contribution is -0.139. The summed E-state index contributed by atoms with van der Waals surface area (Å²) in [5.74, 6) is -0.292. The summed E-state index contributed by atoms with van der Waals surface area (Å²) in [6.45, 7) is 1.84. The molecule has 8 heavy (non-hydrogen) atoms. The van der Waals surface area contributed by atoms with E-state index in [-0.39, 0.29) is 11.4 Å². The van der Waals surface area contributed by atoms with Gasteiger partial charge in [-0.15, -0.1) is 0 Å². The second-order valence-electron chi connectivity index (χ2n) is 2.43. The first kappa shape index (κ1) is 5.89. The maximum atomic E-state index is 10.5. The average Bonchev–Trinajstić information content (AvgIpc) is 2.47. The van der Waals surface area contributed by atoms with Crippen LogP contribution in [0.15, 0.2) is 0 Å². The molecule has 0 unspecified atom stereocenters. The molecule has 0 saturated heterocycles. The number of halogens is 1. The number of carbonyl (C=O) groups excluding carboxylic acids is 1. The largest absolute Gasteiger partial charge is 0.347 e. The van der Waals surface area contributed by atoms with Crippen LogP contribution in [-0.4, -0.2) is 5.97 Å². The van der Waals surface area contributed by atoms with Gasteiger partial charge in [-0.05, 0) is 19.8 Å². The van der Waals surface area contributed by atoms with Gasteiger partial charge in [0.25, 0.3) is 0 Å². The molecule has 0 aliphatic heterocycles. The predicted octanol–water partition coefficient (Wildman–Crippen LogP) is 1.48. The molecule has 1 aliphatic rings. The van der Waals surface area contributed by atoms with Gasteiger partial charge in [0, 0.05) is 0 Å². The highest BCUT2D eigenvalue weighted by Gasteiger charge is 2.46. The molecule has 1 rings (SSSR count). The van der Waals surface area contributed by atoms with Gasteiger partial charge in [0.05, 0.1) is 5.41 Å². The van der Waals surface area contributed by atoms with Crippen molar-refractivity contribution in [3.8, 4) is 0 Å². The van der Waals surface area contributed by atoms with Crippen molar-refractivity contribution >= 4 is 17.8 Å². The Morgan fingerprint density at radius 3 is 2.38 bits per heavy atom. The minimum absolute atomic E-state index is 0.234. The second kappa shape index (κ2) is 1.62. The lowest BCUT2D eigenvalue weighted by Gasteiger charge is -1.98. The van der Waals surface area contributed by atoms with E-state index in [9.17, 15) is 4.79 Å². The van der Waals surface area contributed by atoms with Crippen molar-refractivity contribution in [2.45, 2.75) is 19.8 Å². The van der Waals surface area contributed by atoms with Crippen LogP contribution in [0.4, 0.5) is 0 Å². The molecule has 0 aromatic heterocycles. The van der Waals surface area contributed by atoms with E-state index in [1.54, 1.807) is 0 Å². The van der Waals surface area contributed by atoms with Crippen LogP contribution in [0, 0.1) is 5.41 Å². The Hall–Kier alpha value is -0.240. The first-order valence-electron chi connectivity index (χ1n) is 2.52. The van der Waals surface area contributed by atoms with Gasteiger partial charge in [-0.2, -0.15) is 0 Å². The standard InChI is InChI=1S/C5H7ClO2/c1-5(2-3-5)4(7)8-6/h2-3H2,1H3. The zero-order chi connectivity index (χ0) is 6.20.